The summed E-state index contributed by atoms with van der Waals surface area (Å²) in [5.41, 5.74) is 1.38. The molecule has 0 saturated heterocycles. The molecule has 2 N–H and O–H groups in total. The SMILES string of the molecule is COc1ccc(OC)c2c1CN(C(=O)Nc1cc(C)on1)CC2O. The van der Waals surface area contributed by atoms with Gasteiger partial charge in [-0.3, -0.25) is 5.32 Å². The van der Waals surface area contributed by atoms with Gasteiger partial charge < -0.3 is 24.0 Å². The number of nitrogens with zero attached hydrogens (tertiary/aromatic N) is 2. The second-order valence-electron chi connectivity index (χ2n) is 5.51. The smallest absolute Gasteiger partial charge is 0.323 e. The normalized spacial score (nSPS) is 16.5. The fourth-order valence-corrected chi connectivity index (χ4v) is 2.84. The summed E-state index contributed by atoms with van der Waals surface area (Å²) in [6.45, 7) is 2.16. The Morgan fingerprint density at radius 3 is 2.71 bits per heavy atom. The Kier molecular flexibility index (Phi) is 4.30. The zero-order valence-electron chi connectivity index (χ0n) is 13.7. The molecule has 8 nitrogen and oxygen atoms in total. The molecule has 0 aliphatic carbocycles. The second-order valence-corrected chi connectivity index (χ2v) is 5.51. The molecule has 24 heavy (non-hydrogen) atoms. The van der Waals surface area contributed by atoms with Crippen LogP contribution in [0, 0.1) is 6.92 Å². The highest BCUT2D eigenvalue weighted by atomic mass is 16.5. The largest absolute Gasteiger partial charge is 0.496 e. The van der Waals surface area contributed by atoms with Crippen molar-refractivity contribution in [3.05, 3.63) is 35.1 Å². The Bertz CT molecular complexity index is 758. The summed E-state index contributed by atoms with van der Waals surface area (Å²) in [5, 5.41) is 16.9. The maximum atomic E-state index is 12.4. The standard InChI is InChI=1S/C16H19N3O5/c1-9-6-14(18-24-9)17-16(21)19-7-10-12(22-2)4-5-13(23-3)15(10)11(20)8-19/h4-6,11,20H,7-8H2,1-3H3,(H,17,18,21). The lowest BCUT2D eigenvalue weighted by molar-refractivity contribution is 0.105. The van der Waals surface area contributed by atoms with Crippen LogP contribution in [0.25, 0.3) is 0 Å². The minimum absolute atomic E-state index is 0.138. The van der Waals surface area contributed by atoms with Gasteiger partial charge in [0.2, 0.25) is 0 Å². The van der Waals surface area contributed by atoms with E-state index >= 15 is 0 Å². The van der Waals surface area contributed by atoms with E-state index in [0.29, 0.717) is 28.6 Å². The molecule has 0 fully saturated rings. The number of urea groups is 1. The first-order chi connectivity index (χ1) is 11.5. The van der Waals surface area contributed by atoms with Crippen molar-refractivity contribution in [1.82, 2.24) is 10.1 Å². The molecule has 2 aromatic rings. The van der Waals surface area contributed by atoms with Crippen LogP contribution in [0.1, 0.15) is 23.0 Å². The number of aliphatic hydroxyl groups is 1. The van der Waals surface area contributed by atoms with Crippen LogP contribution in [-0.4, -0.2) is 42.0 Å². The molecule has 1 aromatic carbocycles. The summed E-state index contributed by atoms with van der Waals surface area (Å²) in [6.07, 6.45) is -0.872. The summed E-state index contributed by atoms with van der Waals surface area (Å²) >= 11 is 0. The lowest BCUT2D eigenvalue weighted by Crippen LogP contribution is -2.41. The van der Waals surface area contributed by atoms with Gasteiger partial charge in [0.1, 0.15) is 23.4 Å². The van der Waals surface area contributed by atoms with E-state index in [2.05, 4.69) is 10.5 Å². The number of hydrogen-bond donors (Lipinski definition) is 2. The number of aryl methyl sites for hydroxylation is 1. The van der Waals surface area contributed by atoms with Gasteiger partial charge in [0.15, 0.2) is 5.82 Å². The molecule has 0 bridgehead atoms. The minimum Gasteiger partial charge on any atom is -0.496 e. The predicted octanol–water partition coefficient (Wildman–Crippen LogP) is 2.08. The van der Waals surface area contributed by atoms with Gasteiger partial charge in [0.05, 0.1) is 27.3 Å². The fraction of sp³-hybridized carbons (Fsp3) is 0.375. The second kappa shape index (κ2) is 6.40. The first-order valence-electron chi connectivity index (χ1n) is 7.44. The van der Waals surface area contributed by atoms with E-state index in [4.69, 9.17) is 14.0 Å². The van der Waals surface area contributed by atoms with Gasteiger partial charge in [0.25, 0.3) is 0 Å². The molecule has 2 heterocycles. The van der Waals surface area contributed by atoms with Gasteiger partial charge in [-0.1, -0.05) is 5.16 Å². The predicted molar refractivity (Wildman–Crippen MR) is 85.2 cm³/mol. The zero-order valence-corrected chi connectivity index (χ0v) is 13.7. The van der Waals surface area contributed by atoms with Crippen LogP contribution in [0.5, 0.6) is 11.5 Å². The molecule has 128 valence electrons. The third kappa shape index (κ3) is 2.88. The quantitative estimate of drug-likeness (QED) is 0.892. The number of methoxy groups -OCH3 is 2. The van der Waals surface area contributed by atoms with E-state index in [9.17, 15) is 9.90 Å². The monoisotopic (exact) mass is 333 g/mol. The number of aromatic nitrogens is 1. The Labute approximate surface area is 138 Å². The van der Waals surface area contributed by atoms with E-state index in [-0.39, 0.29) is 19.1 Å². The number of nitrogens with one attached hydrogen (secondary N) is 1. The van der Waals surface area contributed by atoms with E-state index in [1.54, 1.807) is 39.3 Å². The van der Waals surface area contributed by atoms with Gasteiger partial charge in [-0.25, -0.2) is 4.79 Å². The summed E-state index contributed by atoms with van der Waals surface area (Å²) in [7, 11) is 3.09. The zero-order chi connectivity index (χ0) is 17.3. The number of β-amino-alcohol motifs (C(OH)–C–C–N with tert-alkyl or cyclic N) is 1. The van der Waals surface area contributed by atoms with Crippen LogP contribution in [0.4, 0.5) is 10.6 Å². The van der Waals surface area contributed by atoms with Gasteiger partial charge in [-0.15, -0.1) is 0 Å². The third-order valence-electron chi connectivity index (χ3n) is 3.94. The van der Waals surface area contributed by atoms with Crippen molar-refractivity contribution in [2.24, 2.45) is 0 Å². The Hall–Kier alpha value is -2.74. The van der Waals surface area contributed by atoms with Crippen LogP contribution in [0.15, 0.2) is 22.7 Å². The Balaban J connectivity index is 1.86. The number of fused-ring (bicyclic) bond motifs is 1. The number of ether oxygens (including phenoxy) is 2. The number of aliphatic hydroxyl groups excluding tert-OH is 1. The minimum atomic E-state index is -0.872. The fourth-order valence-electron chi connectivity index (χ4n) is 2.84. The maximum absolute atomic E-state index is 12.4. The lowest BCUT2D eigenvalue weighted by atomic mass is 9.95. The summed E-state index contributed by atoms with van der Waals surface area (Å²) in [4.78, 5) is 13.9. The van der Waals surface area contributed by atoms with E-state index < -0.39 is 6.10 Å². The molecule has 1 atom stereocenters. The van der Waals surface area contributed by atoms with Crippen molar-refractivity contribution in [1.29, 1.82) is 0 Å². The van der Waals surface area contributed by atoms with Crippen molar-refractivity contribution in [3.8, 4) is 11.5 Å². The number of carbonyl (C=O) groups excluding carboxylic acids is 1. The van der Waals surface area contributed by atoms with Gasteiger partial charge in [-0.2, -0.15) is 0 Å². The highest BCUT2D eigenvalue weighted by Gasteiger charge is 2.32. The average Bonchev–Trinajstić information content (AvgIpc) is 2.98. The molecule has 0 spiro atoms. The first-order valence-corrected chi connectivity index (χ1v) is 7.44. The number of benzene rings is 1. The number of rotatable bonds is 3. The van der Waals surface area contributed by atoms with Crippen molar-refractivity contribution in [2.75, 3.05) is 26.1 Å². The number of amides is 2. The summed E-state index contributed by atoms with van der Waals surface area (Å²) < 4.78 is 15.6. The Morgan fingerprint density at radius 1 is 1.38 bits per heavy atom. The van der Waals surface area contributed by atoms with E-state index in [0.717, 1.165) is 5.56 Å². The molecule has 8 heteroatoms. The molecule has 1 aliphatic heterocycles. The number of carbonyl (C=O) groups is 1. The van der Waals surface area contributed by atoms with E-state index in [1.165, 1.54) is 4.90 Å². The average molecular weight is 333 g/mol. The highest BCUT2D eigenvalue weighted by Crippen LogP contribution is 2.39. The maximum Gasteiger partial charge on any atom is 0.323 e. The molecule has 2 amide bonds. The van der Waals surface area contributed by atoms with Crippen molar-refractivity contribution >= 4 is 11.8 Å². The molecule has 1 aliphatic rings. The van der Waals surface area contributed by atoms with Gasteiger partial charge in [0, 0.05) is 17.2 Å². The summed E-state index contributed by atoms with van der Waals surface area (Å²) in [6, 6.07) is 4.75. The van der Waals surface area contributed by atoms with Crippen LogP contribution in [0.2, 0.25) is 0 Å². The number of hydrogen-bond acceptors (Lipinski definition) is 6. The molecule has 3 rings (SSSR count). The van der Waals surface area contributed by atoms with Crippen LogP contribution in [-0.2, 0) is 6.54 Å². The summed E-state index contributed by atoms with van der Waals surface area (Å²) in [5.74, 6) is 2.10. The third-order valence-corrected chi connectivity index (χ3v) is 3.94. The van der Waals surface area contributed by atoms with Crippen molar-refractivity contribution in [3.63, 3.8) is 0 Å². The van der Waals surface area contributed by atoms with Gasteiger partial charge in [-0.05, 0) is 19.1 Å². The molecule has 0 saturated carbocycles. The molecule has 0 radical (unpaired) electrons. The van der Waals surface area contributed by atoms with Crippen molar-refractivity contribution < 1.29 is 23.9 Å². The molecular weight excluding hydrogens is 314 g/mol. The number of anilines is 1. The van der Waals surface area contributed by atoms with Crippen LogP contribution < -0.4 is 14.8 Å². The van der Waals surface area contributed by atoms with Crippen LogP contribution in [0.3, 0.4) is 0 Å². The van der Waals surface area contributed by atoms with E-state index in [1.807, 2.05) is 0 Å². The lowest BCUT2D eigenvalue weighted by Gasteiger charge is -2.33. The molecule has 1 unspecified atom stereocenters. The topological polar surface area (TPSA) is 97.1 Å². The molecular formula is C16H19N3O5. The van der Waals surface area contributed by atoms with Gasteiger partial charge >= 0.3 is 6.03 Å². The van der Waals surface area contributed by atoms with Crippen LogP contribution >= 0.6 is 0 Å². The first kappa shape index (κ1) is 16.1. The Morgan fingerprint density at radius 2 is 2.08 bits per heavy atom. The highest BCUT2D eigenvalue weighted by molar-refractivity contribution is 5.88. The van der Waals surface area contributed by atoms with Crippen molar-refractivity contribution in [2.45, 2.75) is 19.6 Å². The molecule has 1 aromatic heterocycles.